The molecule has 2 heterocycles. The molecular weight excluding hydrogens is 949 g/mol. The van der Waals surface area contributed by atoms with Gasteiger partial charge in [-0.3, -0.25) is 0 Å². The second-order valence-electron chi connectivity index (χ2n) is 20.6. The molecule has 0 saturated heterocycles. The average molecular weight is 1040 g/mol. The molecule has 1 atom stereocenters. The predicted molar refractivity (Wildman–Crippen MR) is 342 cm³/mol. The van der Waals surface area contributed by atoms with Crippen LogP contribution in [0.2, 0.25) is 0 Å². The van der Waals surface area contributed by atoms with Crippen molar-refractivity contribution in [3.05, 3.63) is 226 Å². The van der Waals surface area contributed by atoms with E-state index < -0.39 is 0 Å². The maximum absolute atomic E-state index is 7.25. The summed E-state index contributed by atoms with van der Waals surface area (Å²) in [7, 11) is 2.20. The second-order valence-corrected chi connectivity index (χ2v) is 20.6. The van der Waals surface area contributed by atoms with Gasteiger partial charge in [0.25, 0.3) is 0 Å². The minimum absolute atomic E-state index is 0.430. The van der Waals surface area contributed by atoms with Gasteiger partial charge in [0.1, 0.15) is 17.1 Å². The van der Waals surface area contributed by atoms with Crippen LogP contribution in [0.25, 0.3) is 45.7 Å². The van der Waals surface area contributed by atoms with Gasteiger partial charge in [0, 0.05) is 52.4 Å². The van der Waals surface area contributed by atoms with E-state index in [1.807, 2.05) is 45.9 Å². The van der Waals surface area contributed by atoms with Crippen molar-refractivity contribution < 1.29 is 8.83 Å². The largest absolute Gasteiger partial charge is 0.459 e. The zero-order chi connectivity index (χ0) is 55.6. The van der Waals surface area contributed by atoms with Crippen LogP contribution in [-0.4, -0.2) is 7.05 Å². The highest BCUT2D eigenvalue weighted by atomic mass is 16.3. The van der Waals surface area contributed by atoms with Crippen LogP contribution in [0, 0.1) is 26.7 Å². The van der Waals surface area contributed by atoms with Crippen molar-refractivity contribution >= 4 is 68.5 Å². The molecule has 406 valence electrons. The highest BCUT2D eigenvalue weighted by Crippen LogP contribution is 2.45. The lowest BCUT2D eigenvalue weighted by molar-refractivity contribution is 0.496. The molecule has 0 spiro atoms. The minimum Gasteiger partial charge on any atom is -0.459 e. The number of anilines is 4. The molecule has 7 aromatic rings. The number of hydrogen-bond acceptors (Lipinski definition) is 4. The molecule has 4 nitrogen and oxygen atoms in total. The van der Waals surface area contributed by atoms with Gasteiger partial charge in [-0.2, -0.15) is 0 Å². The Bertz CT molecular complexity index is 3340. The molecule has 1 unspecified atom stereocenters. The van der Waals surface area contributed by atoms with Gasteiger partial charge in [-0.15, -0.1) is 0 Å². The molecule has 10 rings (SSSR count). The number of unbranched alkanes of at least 4 members (excludes halogenated alkanes) is 2. The van der Waals surface area contributed by atoms with Crippen molar-refractivity contribution in [2.45, 2.75) is 146 Å². The van der Waals surface area contributed by atoms with Gasteiger partial charge in [0.05, 0.1) is 11.4 Å². The molecule has 78 heavy (non-hydrogen) atoms. The third-order valence-electron chi connectivity index (χ3n) is 15.3. The smallest absolute Gasteiger partial charge is 0.159 e. The SMILES string of the molecule is C/C=C\c1ccccc(N(C2=C3\C=Cc4ccc(N(C)c5cccc6c5oc5c(C(C)CCCCC)cccc56)c(c4C3)/C=C\C/C=C\2)c2cccc(C)c2)c(C)oc1/C(=C\C)C1CCCC1.CC.CC.Cc1ccccc1. The first-order valence-electron chi connectivity index (χ1n) is 29.4. The van der Waals surface area contributed by atoms with E-state index in [1.165, 1.54) is 101 Å². The maximum Gasteiger partial charge on any atom is 0.159 e. The van der Waals surface area contributed by atoms with Crippen molar-refractivity contribution in [3.8, 4) is 0 Å². The Morgan fingerprint density at radius 3 is 2.05 bits per heavy atom. The summed E-state index contributed by atoms with van der Waals surface area (Å²) in [6.07, 6.45) is 31.9. The summed E-state index contributed by atoms with van der Waals surface area (Å²) in [6.45, 7) is 23.3. The van der Waals surface area contributed by atoms with Crippen molar-refractivity contribution in [1.82, 2.24) is 0 Å². The number of benzene rings is 5. The monoisotopic (exact) mass is 1040 g/mol. The zero-order valence-corrected chi connectivity index (χ0v) is 49.3. The molecule has 0 aliphatic heterocycles. The molecule has 3 aliphatic carbocycles. The quantitative estimate of drug-likeness (QED) is 0.108. The highest BCUT2D eigenvalue weighted by Gasteiger charge is 2.27. The van der Waals surface area contributed by atoms with Crippen molar-refractivity contribution in [2.24, 2.45) is 5.92 Å². The fourth-order valence-electron chi connectivity index (χ4n) is 11.4. The number of rotatable bonds is 13. The number of furan rings is 1. The second kappa shape index (κ2) is 28.9. The molecule has 3 aliphatic rings. The summed E-state index contributed by atoms with van der Waals surface area (Å²) < 4.78 is 14.2. The predicted octanol–water partition coefficient (Wildman–Crippen LogP) is 22.7. The van der Waals surface area contributed by atoms with E-state index in [9.17, 15) is 0 Å². The van der Waals surface area contributed by atoms with Gasteiger partial charge in [-0.1, -0.05) is 225 Å². The molecular formula is C74H88N2O2. The maximum atomic E-state index is 7.25. The lowest BCUT2D eigenvalue weighted by Gasteiger charge is -2.31. The van der Waals surface area contributed by atoms with Gasteiger partial charge in [-0.25, -0.2) is 0 Å². The molecule has 0 N–H and O–H groups in total. The van der Waals surface area contributed by atoms with Crippen molar-refractivity contribution in [1.29, 1.82) is 0 Å². The van der Waals surface area contributed by atoms with Gasteiger partial charge in [0.2, 0.25) is 0 Å². The molecule has 0 amide bonds. The van der Waals surface area contributed by atoms with E-state index >= 15 is 0 Å². The number of allylic oxidation sites excluding steroid dienone is 8. The number of nitrogens with zero attached hydrogens (tertiary/aromatic N) is 2. The molecule has 5 aromatic carbocycles. The van der Waals surface area contributed by atoms with Crippen LogP contribution in [-0.2, 0) is 6.42 Å². The number of fused-ring (bicyclic) bond motifs is 4. The van der Waals surface area contributed by atoms with Crippen LogP contribution in [0.15, 0.2) is 184 Å². The third-order valence-corrected chi connectivity index (χ3v) is 15.3. The van der Waals surface area contributed by atoms with Crippen LogP contribution >= 0.6 is 0 Å². The van der Waals surface area contributed by atoms with E-state index in [4.69, 9.17) is 8.83 Å². The van der Waals surface area contributed by atoms with E-state index in [0.29, 0.717) is 11.8 Å². The summed E-state index contributed by atoms with van der Waals surface area (Å²) >= 11 is 0. The van der Waals surface area contributed by atoms with Crippen molar-refractivity contribution in [3.63, 3.8) is 0 Å². The molecule has 1 fully saturated rings. The zero-order valence-electron chi connectivity index (χ0n) is 49.3. The first-order valence-corrected chi connectivity index (χ1v) is 29.4. The number of aryl methyl sites for hydroxylation is 3. The van der Waals surface area contributed by atoms with E-state index in [-0.39, 0.29) is 0 Å². The fourth-order valence-corrected chi connectivity index (χ4v) is 11.4. The number of hydrogen-bond donors (Lipinski definition) is 0. The van der Waals surface area contributed by atoms with Gasteiger partial charge >= 0.3 is 0 Å². The third kappa shape index (κ3) is 13.5. The standard InChI is InChI=1S/C63H68N2O2.C7H8.2C2H6/c1-8-11-13-25-44(5)52-31-21-32-54-55-33-22-36-60(63(55)67-62(52)54)64(7)59-40-39-47-37-38-49-42-56(47)53(59)30-14-12-15-35-58(49)65(50-29-20-24-43(4)41-50)57-34-19-18-28-48(23-9-2)61(66-45(57)6)51(10-3)46-26-16-17-27-46;1-7-5-3-2-4-6-7;2*1-2/h9-10,14-15,18-24,28-41,44,46H,8,11-13,16-17,25-27,42H2,1-7H3;2-6H,1H3;2*1-2H3/b23-9-,28-18?,30-14-,34-19?,35-15-,51-10-,57-45?,58-49+,61-48?;;;. The normalized spacial score (nSPS) is 16.0. The van der Waals surface area contributed by atoms with Crippen LogP contribution in [0.5, 0.6) is 0 Å². The number of para-hydroxylation sites is 2. The Morgan fingerprint density at radius 2 is 1.35 bits per heavy atom. The summed E-state index contributed by atoms with van der Waals surface area (Å²) in [4.78, 5) is 4.77. The summed E-state index contributed by atoms with van der Waals surface area (Å²) in [5.74, 6) is 2.74. The summed E-state index contributed by atoms with van der Waals surface area (Å²) in [6, 6.07) is 45.8. The van der Waals surface area contributed by atoms with Crippen molar-refractivity contribution in [2.75, 3.05) is 16.8 Å². The lowest BCUT2D eigenvalue weighted by atomic mass is 9.86. The van der Waals surface area contributed by atoms with Gasteiger partial charge in [-0.05, 0) is 142 Å². The van der Waals surface area contributed by atoms with Crippen LogP contribution in [0.3, 0.4) is 0 Å². The van der Waals surface area contributed by atoms with Crippen LogP contribution < -0.4 is 9.80 Å². The van der Waals surface area contributed by atoms with Gasteiger partial charge < -0.3 is 18.6 Å². The Hall–Kier alpha value is -7.30. The van der Waals surface area contributed by atoms with Gasteiger partial charge in [0.15, 0.2) is 5.58 Å². The Morgan fingerprint density at radius 1 is 0.667 bits per heavy atom. The molecule has 1 saturated carbocycles. The minimum atomic E-state index is 0.430. The lowest BCUT2D eigenvalue weighted by Crippen LogP contribution is -2.20. The molecule has 2 aromatic heterocycles. The Balaban J connectivity index is 0.000000729. The fraction of sp³-hybridized carbons (Fsp3) is 0.324. The average Bonchev–Trinajstić information content (AvgIpc) is 4.36. The van der Waals surface area contributed by atoms with E-state index in [1.54, 1.807) is 0 Å². The molecule has 2 bridgehead atoms. The Kier molecular flexibility index (Phi) is 21.6. The first kappa shape index (κ1) is 58.4. The summed E-state index contributed by atoms with van der Waals surface area (Å²) in [5, 5.41) is 2.35. The van der Waals surface area contributed by atoms with E-state index in [0.717, 1.165) is 74.9 Å². The topological polar surface area (TPSA) is 32.8 Å². The van der Waals surface area contributed by atoms with Crippen LogP contribution in [0.4, 0.5) is 22.7 Å². The molecule has 0 radical (unpaired) electrons. The highest BCUT2D eigenvalue weighted by molar-refractivity contribution is 6.10. The Labute approximate surface area is 469 Å². The first-order chi connectivity index (χ1) is 38.2. The van der Waals surface area contributed by atoms with E-state index in [2.05, 4.69) is 229 Å². The van der Waals surface area contributed by atoms with Crippen LogP contribution in [0.1, 0.15) is 170 Å². The molecule has 4 heteroatoms. The summed E-state index contributed by atoms with van der Waals surface area (Å²) in [5.41, 5.74) is 18.7.